The highest BCUT2D eigenvalue weighted by Gasteiger charge is 2.55. The van der Waals surface area contributed by atoms with Crippen LogP contribution in [0.1, 0.15) is 95.4 Å². The summed E-state index contributed by atoms with van der Waals surface area (Å²) >= 11 is 0.904. The first-order valence-corrected chi connectivity index (χ1v) is 26.6. The van der Waals surface area contributed by atoms with E-state index in [4.69, 9.17) is 33.0 Å². The van der Waals surface area contributed by atoms with Crippen LogP contribution in [0.25, 0.3) is 0 Å². The third-order valence-electron chi connectivity index (χ3n) is 11.1. The molecule has 1 heterocycles. The van der Waals surface area contributed by atoms with Gasteiger partial charge in [-0.25, -0.2) is 0 Å². The van der Waals surface area contributed by atoms with Crippen molar-refractivity contribution in [2.45, 2.75) is 187 Å². The van der Waals surface area contributed by atoms with Crippen molar-refractivity contribution in [1.29, 1.82) is 1.34 Å². The van der Waals surface area contributed by atoms with Gasteiger partial charge in [0.2, 0.25) is 7.09 Å². The van der Waals surface area contributed by atoms with E-state index in [0.717, 1.165) is 25.4 Å². The highest BCUT2D eigenvalue weighted by Crippen LogP contribution is 2.45. The third-order valence-corrected chi connectivity index (χ3v) is 24.9. The van der Waals surface area contributed by atoms with Crippen molar-refractivity contribution >= 4 is 49.9 Å². The zero-order valence-corrected chi connectivity index (χ0v) is 36.4. The molecule has 0 aliphatic carbocycles. The summed E-state index contributed by atoms with van der Waals surface area (Å²) in [6.07, 6.45) is -1.43. The predicted molar refractivity (Wildman–Crippen MR) is 201 cm³/mol. The summed E-state index contributed by atoms with van der Waals surface area (Å²) in [5.41, 5.74) is 0. The Morgan fingerprint density at radius 3 is 1.83 bits per heavy atom. The highest BCUT2D eigenvalue weighted by atomic mass is 32.2. The molecular weight excluding hydrogens is 651 g/mol. The van der Waals surface area contributed by atoms with Crippen LogP contribution in [0.3, 0.4) is 0 Å². The van der Waals surface area contributed by atoms with Gasteiger partial charge in [-0.05, 0) is 61.7 Å². The Morgan fingerprint density at radius 2 is 1.39 bits per heavy atom. The van der Waals surface area contributed by atoms with E-state index in [1.54, 1.807) is 0 Å². The zero-order chi connectivity index (χ0) is 36.8. The van der Waals surface area contributed by atoms with Crippen LogP contribution in [0.15, 0.2) is 0 Å². The van der Waals surface area contributed by atoms with Crippen LogP contribution in [0.2, 0.25) is 54.4 Å². The summed E-state index contributed by atoms with van der Waals surface area (Å²) in [4.78, 5) is 12.3. The summed E-state index contributed by atoms with van der Waals surface area (Å²) < 4.78 is 53.4. The van der Waals surface area contributed by atoms with Gasteiger partial charge in [-0.3, -0.25) is 4.79 Å². The quantitative estimate of drug-likeness (QED) is 0.0784. The van der Waals surface area contributed by atoms with Crippen molar-refractivity contribution in [3.05, 3.63) is 0 Å². The van der Waals surface area contributed by atoms with Crippen molar-refractivity contribution in [2.75, 3.05) is 13.7 Å². The minimum absolute atomic E-state index is 0.0253. The fraction of sp³-hybridized carbons (Fsp3) is 0.970. The van der Waals surface area contributed by atoms with Crippen LogP contribution in [0.5, 0.6) is 0 Å². The predicted octanol–water partition coefficient (Wildman–Crippen LogP) is 8.75. The van der Waals surface area contributed by atoms with Gasteiger partial charge in [0.1, 0.15) is 18.3 Å². The largest absolute Gasteiger partial charge is 0.469 e. The molecule has 2 unspecified atom stereocenters. The van der Waals surface area contributed by atoms with Crippen molar-refractivity contribution in [3.8, 4) is 0 Å². The molecule has 271 valence electrons. The Balaban J connectivity index is 3.70. The number of methoxy groups -OCH3 is 1. The van der Waals surface area contributed by atoms with Gasteiger partial charge >= 0.3 is 5.97 Å². The zero-order valence-electron chi connectivity index (χ0n) is 33.6. The first-order chi connectivity index (χ1) is 21.1. The number of hydrogen-bond donors (Lipinski definition) is 0. The van der Waals surface area contributed by atoms with Crippen molar-refractivity contribution in [1.82, 2.24) is 0 Å². The lowest BCUT2D eigenvalue weighted by Gasteiger charge is -2.44. The SMILES string of the molecule is [3H][B]SO[C@H](CC(=O)OC)C[C@H](O[C@@H]1O[C@@H](CO[Si](C)(C)C(C)(C)C)C(O[Si](C)(C)C(C)(C)C)C1O[Si](C)(C)C(C)(C)C)[C@@H](C)CC. The second-order valence-corrected chi connectivity index (χ2v) is 32.4. The monoisotopic (exact) mass is 723 g/mol. The molecule has 0 aromatic rings. The molecule has 1 aliphatic heterocycles. The molecule has 0 N–H and O–H groups in total. The van der Waals surface area contributed by atoms with E-state index in [2.05, 4.69) is 115 Å². The van der Waals surface area contributed by atoms with E-state index >= 15 is 0 Å². The Labute approximate surface area is 293 Å². The van der Waals surface area contributed by atoms with Crippen molar-refractivity contribution < 1.29 is 36.5 Å². The van der Waals surface area contributed by atoms with Crippen molar-refractivity contribution in [3.63, 3.8) is 0 Å². The molecule has 0 saturated carbocycles. The summed E-state index contributed by atoms with van der Waals surface area (Å²) in [5, 5.41) is -0.0317. The second-order valence-electron chi connectivity index (χ2n) is 17.7. The van der Waals surface area contributed by atoms with E-state index in [9.17, 15) is 4.79 Å². The lowest BCUT2D eigenvalue weighted by Crippen LogP contribution is -2.55. The molecule has 0 amide bonds. The Bertz CT molecular complexity index is 971. The van der Waals surface area contributed by atoms with Gasteiger partial charge in [0.05, 0.1) is 32.3 Å². The summed E-state index contributed by atoms with van der Waals surface area (Å²) in [6, 6.07) is 0. The smallest absolute Gasteiger partial charge is 0.308 e. The first-order valence-electron chi connectivity index (χ1n) is 17.6. The van der Waals surface area contributed by atoms with Gasteiger partial charge in [0.25, 0.3) is 0 Å². The highest BCUT2D eigenvalue weighted by molar-refractivity contribution is 8.15. The summed E-state index contributed by atoms with van der Waals surface area (Å²) in [6.45, 7) is 38.4. The van der Waals surface area contributed by atoms with E-state index in [1.807, 2.05) is 0 Å². The summed E-state index contributed by atoms with van der Waals surface area (Å²) in [7, 11) is -4.24. The molecule has 1 radical (unpaired) electrons. The number of carbonyl (C=O) groups excluding carboxylic acids is 1. The van der Waals surface area contributed by atoms with Crippen LogP contribution in [-0.2, 0) is 36.5 Å². The number of carbonyl (C=O) groups is 1. The van der Waals surface area contributed by atoms with Crippen LogP contribution < -0.4 is 0 Å². The van der Waals surface area contributed by atoms with E-state index in [1.165, 1.54) is 7.11 Å². The average Bonchev–Trinajstić information content (AvgIpc) is 3.21. The van der Waals surface area contributed by atoms with Crippen LogP contribution >= 0.6 is 11.9 Å². The minimum Gasteiger partial charge on any atom is -0.469 e. The van der Waals surface area contributed by atoms with Crippen LogP contribution in [0, 0.1) is 5.92 Å². The molecule has 7 atom stereocenters. The Kier molecular flexibility index (Phi) is 15.7. The lowest BCUT2D eigenvalue weighted by atomic mass is 9.95. The molecule has 13 heteroatoms. The van der Waals surface area contributed by atoms with Gasteiger partial charge in [0.15, 0.2) is 31.2 Å². The van der Waals surface area contributed by atoms with Crippen LogP contribution in [0.4, 0.5) is 0 Å². The Hall–Kier alpha value is 0.296. The molecule has 1 fully saturated rings. The molecular formula is C33H70BO8SSi3. The number of esters is 1. The van der Waals surface area contributed by atoms with Gasteiger partial charge in [-0.1, -0.05) is 94.5 Å². The Morgan fingerprint density at radius 1 is 0.891 bits per heavy atom. The normalized spacial score (nSPS) is 24.3. The number of hydrogen-bond acceptors (Lipinski definition) is 9. The third kappa shape index (κ3) is 12.3. The van der Waals surface area contributed by atoms with Gasteiger partial charge in [-0.2, -0.15) is 0 Å². The standard InChI is InChI=1S/C33H70BO8SSi3/c1-19-23(2)25(20-24(40-43-34)21-27(35)36-12)38-30-29(42-46(17,18)33(9,10)11)28(41-45(15,16)32(6,7)8)26(39-30)22-37-44(13,14)31(3,4)5/h23-26,28-30,34H,19-22H2,1-18H3/t23-,24-,25-,26-,28?,29?,30+/m0/s1/i34T. The fourth-order valence-corrected chi connectivity index (χ4v) is 8.28. The number of ether oxygens (including phenoxy) is 3. The lowest BCUT2D eigenvalue weighted by molar-refractivity contribution is -0.204. The number of rotatable bonds is 18. The molecule has 0 aromatic heterocycles. The first kappa shape index (κ1) is 42.5. The second kappa shape index (κ2) is 17.0. The maximum atomic E-state index is 12.3. The maximum absolute atomic E-state index is 12.3. The van der Waals surface area contributed by atoms with Gasteiger partial charge in [0, 0.05) is 6.42 Å². The van der Waals surface area contributed by atoms with Gasteiger partial charge in [-0.15, -0.1) is 0 Å². The van der Waals surface area contributed by atoms with Crippen LogP contribution in [-0.4, -0.2) is 89.9 Å². The molecule has 0 spiro atoms. The van der Waals surface area contributed by atoms with E-state index in [0.29, 0.717) is 13.0 Å². The minimum atomic E-state index is -2.33. The molecule has 1 saturated heterocycles. The molecule has 1 aliphatic rings. The molecule has 0 bridgehead atoms. The average molecular weight is 724 g/mol. The topological polar surface area (TPSA) is 81.7 Å². The van der Waals surface area contributed by atoms with Gasteiger partial charge < -0.3 is 31.7 Å². The summed E-state index contributed by atoms with van der Waals surface area (Å²) in [5.74, 6) is -0.242. The molecule has 0 aromatic carbocycles. The van der Waals surface area contributed by atoms with E-state index < -0.39 is 43.5 Å². The van der Waals surface area contributed by atoms with E-state index in [-0.39, 0.29) is 51.7 Å². The molecule has 8 nitrogen and oxygen atoms in total. The maximum Gasteiger partial charge on any atom is 0.308 e. The molecule has 1 rings (SSSR count). The fourth-order valence-electron chi connectivity index (χ4n) is 4.36. The van der Waals surface area contributed by atoms with Crippen molar-refractivity contribution in [2.24, 2.45) is 5.92 Å². The molecule has 46 heavy (non-hydrogen) atoms.